The third-order valence-corrected chi connectivity index (χ3v) is 12.8. The van der Waals surface area contributed by atoms with Gasteiger partial charge in [0.25, 0.3) is 0 Å². The van der Waals surface area contributed by atoms with Gasteiger partial charge in [0.05, 0.1) is 9.79 Å². The van der Waals surface area contributed by atoms with Gasteiger partial charge >= 0.3 is 48.9 Å². The zero-order valence-corrected chi connectivity index (χ0v) is 41.8. The molecule has 4 aromatic rings. The number of hydrogen-bond donors (Lipinski definition) is 0. The Morgan fingerprint density at radius 1 is 0.368 bits per heavy atom. The maximum absolute atomic E-state index is 11.8. The molecule has 0 aromatic heterocycles. The summed E-state index contributed by atoms with van der Waals surface area (Å²) in [6.45, 7) is 8.79. The summed E-state index contributed by atoms with van der Waals surface area (Å²) in [7, 11) is -8.91. The average molecular weight is 945 g/mol. The number of rotatable bonds is 26. The summed E-state index contributed by atoms with van der Waals surface area (Å²) >= 11 is 0. The minimum absolute atomic E-state index is 0. The largest absolute Gasteiger partial charge is 2.00 e. The first-order valence-corrected chi connectivity index (χ1v) is 24.8. The van der Waals surface area contributed by atoms with Crippen LogP contribution in [0.25, 0.3) is 21.5 Å². The van der Waals surface area contributed by atoms with Crippen LogP contribution in [0.3, 0.4) is 0 Å². The summed E-state index contributed by atoms with van der Waals surface area (Å²) in [6, 6.07) is 19.4. The molecule has 0 amide bonds. The third kappa shape index (κ3) is 19.4. The molecule has 0 fully saturated rings. The normalized spacial score (nSPS) is 11.8. The minimum atomic E-state index is -4.46. The second-order valence-corrected chi connectivity index (χ2v) is 18.5. The molecule has 312 valence electrons. The van der Waals surface area contributed by atoms with Crippen molar-refractivity contribution in [2.75, 3.05) is 0 Å². The first-order valence-electron chi connectivity index (χ1n) is 21.9. The Balaban J connectivity index is 0.000000387. The number of benzene rings is 4. The smallest absolute Gasteiger partial charge is 0.744 e. The van der Waals surface area contributed by atoms with Crippen molar-refractivity contribution in [2.24, 2.45) is 0 Å². The summed E-state index contributed by atoms with van der Waals surface area (Å²) < 4.78 is 70.6. The van der Waals surface area contributed by atoms with Crippen LogP contribution in [-0.2, 0) is 45.9 Å². The van der Waals surface area contributed by atoms with E-state index < -0.39 is 20.2 Å². The molecule has 0 aliphatic heterocycles. The van der Waals surface area contributed by atoms with Gasteiger partial charge in [-0.1, -0.05) is 167 Å². The zero-order chi connectivity index (χ0) is 40.8. The Kier molecular flexibility index (Phi) is 25.8. The van der Waals surface area contributed by atoms with E-state index in [-0.39, 0.29) is 58.7 Å². The van der Waals surface area contributed by atoms with E-state index in [0.29, 0.717) is 24.0 Å². The Bertz CT molecular complexity index is 1830. The standard InChI is InChI=1S/2C24H36O3S.Ba/c2*1-3-5-7-9-11-13-20-15-16-21-19-24(28(25,26)27)22(18-23(21)17-20)14-12-10-8-6-4-2;/h2*15-19H,3-14H2,1-2H3,(H,25,26,27);/q;;+2/p-2. The van der Waals surface area contributed by atoms with E-state index in [2.05, 4.69) is 52.0 Å². The number of aryl methyl sites for hydroxylation is 4. The van der Waals surface area contributed by atoms with Crippen molar-refractivity contribution in [1.29, 1.82) is 0 Å². The Morgan fingerprint density at radius 3 is 0.965 bits per heavy atom. The zero-order valence-electron chi connectivity index (χ0n) is 35.7. The van der Waals surface area contributed by atoms with E-state index >= 15 is 0 Å². The van der Waals surface area contributed by atoms with E-state index in [0.717, 1.165) is 72.9 Å². The number of hydrogen-bond acceptors (Lipinski definition) is 6. The van der Waals surface area contributed by atoms with Crippen molar-refractivity contribution in [1.82, 2.24) is 0 Å². The molecule has 0 aliphatic rings. The van der Waals surface area contributed by atoms with E-state index in [1.165, 1.54) is 101 Å². The molecule has 0 spiro atoms. The molecule has 0 aliphatic carbocycles. The van der Waals surface area contributed by atoms with Crippen LogP contribution in [0.5, 0.6) is 0 Å². The molecule has 0 unspecified atom stereocenters. The van der Waals surface area contributed by atoms with Gasteiger partial charge in [-0.05, 0) is 119 Å². The van der Waals surface area contributed by atoms with E-state index in [9.17, 15) is 25.9 Å². The van der Waals surface area contributed by atoms with E-state index in [1.807, 2.05) is 24.3 Å². The van der Waals surface area contributed by atoms with Gasteiger partial charge < -0.3 is 9.11 Å². The van der Waals surface area contributed by atoms with Crippen LogP contribution in [0.15, 0.2) is 70.5 Å². The molecule has 0 saturated heterocycles. The van der Waals surface area contributed by atoms with Crippen LogP contribution in [0.1, 0.15) is 178 Å². The minimum Gasteiger partial charge on any atom is -0.744 e. The van der Waals surface area contributed by atoms with Crippen LogP contribution in [0.2, 0.25) is 0 Å². The molecular weight excluding hydrogens is 874 g/mol. The SMILES string of the molecule is CCCCCCCc1ccc2cc(S(=O)(=O)[O-])c(CCCCCCC)cc2c1.CCCCCCCc1ccc2cc(S(=O)(=O)[O-])c(CCCCCCC)cc2c1.[Ba+2]. The van der Waals surface area contributed by atoms with Gasteiger partial charge in [0.2, 0.25) is 0 Å². The van der Waals surface area contributed by atoms with Crippen LogP contribution in [0.4, 0.5) is 0 Å². The third-order valence-electron chi connectivity index (χ3n) is 10.9. The molecule has 0 radical (unpaired) electrons. The van der Waals surface area contributed by atoms with Crippen molar-refractivity contribution in [2.45, 2.75) is 192 Å². The molecule has 9 heteroatoms. The molecule has 4 rings (SSSR count). The Hall–Kier alpha value is -1.21. The Morgan fingerprint density at radius 2 is 0.667 bits per heavy atom. The van der Waals surface area contributed by atoms with Crippen molar-refractivity contribution in [3.63, 3.8) is 0 Å². The number of fused-ring (bicyclic) bond motifs is 2. The Labute approximate surface area is 387 Å². The predicted octanol–water partition coefficient (Wildman–Crippen LogP) is 13.2. The molecule has 0 N–H and O–H groups in total. The summed E-state index contributed by atoms with van der Waals surface area (Å²) in [5.74, 6) is 0. The van der Waals surface area contributed by atoms with Crippen molar-refractivity contribution < 1.29 is 25.9 Å². The molecule has 4 aromatic carbocycles. The van der Waals surface area contributed by atoms with Gasteiger partial charge in [-0.3, -0.25) is 0 Å². The quantitative estimate of drug-likeness (QED) is 0.0352. The van der Waals surface area contributed by atoms with Gasteiger partial charge in [-0.2, -0.15) is 0 Å². The van der Waals surface area contributed by atoms with Crippen molar-refractivity contribution >= 4 is 90.7 Å². The first-order chi connectivity index (χ1) is 26.9. The average Bonchev–Trinajstić information content (AvgIpc) is 3.16. The van der Waals surface area contributed by atoms with Gasteiger partial charge in [-0.25, -0.2) is 16.8 Å². The van der Waals surface area contributed by atoms with E-state index in [4.69, 9.17) is 0 Å². The second kappa shape index (κ2) is 28.3. The molecular formula is C48H70BaO6S2. The fraction of sp³-hybridized carbons (Fsp3) is 0.583. The summed E-state index contributed by atoms with van der Waals surface area (Å²) in [4.78, 5) is -0.0781. The molecule has 0 saturated carbocycles. The van der Waals surface area contributed by atoms with Gasteiger partial charge in [0.15, 0.2) is 0 Å². The van der Waals surface area contributed by atoms with Gasteiger partial charge in [-0.15, -0.1) is 0 Å². The second-order valence-electron chi connectivity index (χ2n) is 15.8. The van der Waals surface area contributed by atoms with Crippen molar-refractivity contribution in [3.05, 3.63) is 82.9 Å². The molecule has 0 bridgehead atoms. The molecule has 0 heterocycles. The predicted molar refractivity (Wildman–Crippen MR) is 239 cm³/mol. The van der Waals surface area contributed by atoms with Gasteiger partial charge in [0, 0.05) is 0 Å². The summed E-state index contributed by atoms with van der Waals surface area (Å²) in [5.41, 5.74) is 3.93. The van der Waals surface area contributed by atoms with E-state index in [1.54, 1.807) is 12.1 Å². The van der Waals surface area contributed by atoms with Crippen LogP contribution >= 0.6 is 0 Å². The van der Waals surface area contributed by atoms with Crippen LogP contribution < -0.4 is 0 Å². The number of unbranched alkanes of at least 4 members (excludes halogenated alkanes) is 16. The maximum atomic E-state index is 11.8. The topological polar surface area (TPSA) is 114 Å². The maximum Gasteiger partial charge on any atom is 2.00 e. The summed E-state index contributed by atoms with van der Waals surface area (Å²) in [5, 5.41) is 3.75. The first kappa shape index (κ1) is 51.9. The van der Waals surface area contributed by atoms with Crippen LogP contribution in [0, 0.1) is 0 Å². The molecule has 0 atom stereocenters. The molecule has 57 heavy (non-hydrogen) atoms. The summed E-state index contributed by atoms with van der Waals surface area (Å²) in [6.07, 6.45) is 27.0. The van der Waals surface area contributed by atoms with Gasteiger partial charge in [0.1, 0.15) is 20.2 Å². The fourth-order valence-electron chi connectivity index (χ4n) is 7.62. The monoisotopic (exact) mass is 944 g/mol. The fourth-order valence-corrected chi connectivity index (χ4v) is 9.12. The molecule has 6 nitrogen and oxygen atoms in total. The van der Waals surface area contributed by atoms with Crippen LogP contribution in [-0.4, -0.2) is 74.8 Å². The van der Waals surface area contributed by atoms with Crippen molar-refractivity contribution in [3.8, 4) is 0 Å².